The van der Waals surface area contributed by atoms with Crippen molar-refractivity contribution in [3.05, 3.63) is 23.9 Å². The van der Waals surface area contributed by atoms with Gasteiger partial charge in [0.1, 0.15) is 0 Å². The number of ether oxygens (including phenoxy) is 1. The molecule has 0 aromatic carbocycles. The summed E-state index contributed by atoms with van der Waals surface area (Å²) in [5.74, 6) is 0.542. The number of carbonyl (C=O) groups is 1. The van der Waals surface area contributed by atoms with Gasteiger partial charge in [-0.25, -0.2) is 4.98 Å². The second-order valence-electron chi connectivity index (χ2n) is 4.79. The molecule has 1 heterocycles. The minimum absolute atomic E-state index is 0.0580. The Labute approximate surface area is 108 Å². The van der Waals surface area contributed by atoms with E-state index >= 15 is 0 Å². The largest absolute Gasteiger partial charge is 0.481 e. The van der Waals surface area contributed by atoms with Gasteiger partial charge in [-0.1, -0.05) is 19.3 Å². The molecule has 0 unspecified atom stereocenters. The molecule has 0 aliphatic heterocycles. The summed E-state index contributed by atoms with van der Waals surface area (Å²) in [7, 11) is 3.45. The Morgan fingerprint density at radius 1 is 1.39 bits per heavy atom. The maximum absolute atomic E-state index is 12.4. The SMILES string of the molecule is COc1cc(C(=O)N(C)C2CCCCC2)ccn1. The quantitative estimate of drug-likeness (QED) is 0.825. The van der Waals surface area contributed by atoms with E-state index in [9.17, 15) is 4.79 Å². The van der Waals surface area contributed by atoms with Gasteiger partial charge in [-0.3, -0.25) is 4.79 Å². The second-order valence-corrected chi connectivity index (χ2v) is 4.79. The maximum Gasteiger partial charge on any atom is 0.254 e. The van der Waals surface area contributed by atoms with Gasteiger partial charge in [0.25, 0.3) is 5.91 Å². The van der Waals surface area contributed by atoms with Crippen LogP contribution < -0.4 is 4.74 Å². The summed E-state index contributed by atoms with van der Waals surface area (Å²) >= 11 is 0. The molecule has 0 N–H and O–H groups in total. The van der Waals surface area contributed by atoms with E-state index in [1.807, 2.05) is 11.9 Å². The third kappa shape index (κ3) is 2.81. The van der Waals surface area contributed by atoms with Crippen LogP contribution in [-0.2, 0) is 0 Å². The van der Waals surface area contributed by atoms with Gasteiger partial charge < -0.3 is 9.64 Å². The molecule has 0 saturated heterocycles. The first kappa shape index (κ1) is 12.9. The van der Waals surface area contributed by atoms with Gasteiger partial charge in [-0.15, -0.1) is 0 Å². The molecule has 1 fully saturated rings. The first-order valence-electron chi connectivity index (χ1n) is 6.49. The van der Waals surface area contributed by atoms with Crippen LogP contribution in [0.25, 0.3) is 0 Å². The van der Waals surface area contributed by atoms with Crippen LogP contribution in [0.15, 0.2) is 18.3 Å². The highest BCUT2D eigenvalue weighted by Gasteiger charge is 2.23. The zero-order valence-corrected chi connectivity index (χ0v) is 11.1. The van der Waals surface area contributed by atoms with Gasteiger partial charge in [-0.05, 0) is 18.9 Å². The van der Waals surface area contributed by atoms with E-state index in [1.165, 1.54) is 19.3 Å². The minimum atomic E-state index is 0.0580. The van der Waals surface area contributed by atoms with Crippen molar-refractivity contribution in [2.24, 2.45) is 0 Å². The highest BCUT2D eigenvalue weighted by Crippen LogP contribution is 2.23. The van der Waals surface area contributed by atoms with Crippen LogP contribution >= 0.6 is 0 Å². The van der Waals surface area contributed by atoms with Crippen molar-refractivity contribution in [1.82, 2.24) is 9.88 Å². The number of rotatable bonds is 3. The Balaban J connectivity index is 2.09. The first-order chi connectivity index (χ1) is 8.72. The number of carbonyl (C=O) groups excluding carboxylic acids is 1. The molecular weight excluding hydrogens is 228 g/mol. The minimum Gasteiger partial charge on any atom is -0.481 e. The summed E-state index contributed by atoms with van der Waals surface area (Å²) < 4.78 is 5.05. The predicted octanol–water partition coefficient (Wildman–Crippen LogP) is 2.49. The monoisotopic (exact) mass is 248 g/mol. The molecule has 0 spiro atoms. The highest BCUT2D eigenvalue weighted by molar-refractivity contribution is 5.94. The number of pyridine rings is 1. The van der Waals surface area contributed by atoms with Crippen molar-refractivity contribution in [3.8, 4) is 5.88 Å². The van der Waals surface area contributed by atoms with Crippen LogP contribution in [-0.4, -0.2) is 36.0 Å². The van der Waals surface area contributed by atoms with Gasteiger partial charge in [0, 0.05) is 30.9 Å². The predicted molar refractivity (Wildman–Crippen MR) is 69.8 cm³/mol. The molecule has 0 radical (unpaired) electrons. The zero-order chi connectivity index (χ0) is 13.0. The molecule has 18 heavy (non-hydrogen) atoms. The topological polar surface area (TPSA) is 42.4 Å². The Morgan fingerprint density at radius 3 is 2.78 bits per heavy atom. The standard InChI is InChI=1S/C14H20N2O2/c1-16(12-6-4-3-5-7-12)14(17)11-8-9-15-13(10-11)18-2/h8-10,12H,3-7H2,1-2H3. The Morgan fingerprint density at radius 2 is 2.11 bits per heavy atom. The molecule has 4 nitrogen and oxygen atoms in total. The van der Waals surface area contributed by atoms with Gasteiger partial charge >= 0.3 is 0 Å². The summed E-state index contributed by atoms with van der Waals surface area (Å²) in [4.78, 5) is 18.2. The fourth-order valence-electron chi connectivity index (χ4n) is 2.49. The lowest BCUT2D eigenvalue weighted by molar-refractivity contribution is 0.0695. The van der Waals surface area contributed by atoms with E-state index in [0.717, 1.165) is 12.8 Å². The highest BCUT2D eigenvalue weighted by atomic mass is 16.5. The van der Waals surface area contributed by atoms with Crippen LogP contribution in [0.5, 0.6) is 5.88 Å². The second kappa shape index (κ2) is 5.85. The van der Waals surface area contributed by atoms with Crippen molar-refractivity contribution >= 4 is 5.91 Å². The van der Waals surface area contributed by atoms with E-state index in [2.05, 4.69) is 4.98 Å². The van der Waals surface area contributed by atoms with Crippen molar-refractivity contribution in [3.63, 3.8) is 0 Å². The van der Waals surface area contributed by atoms with Gasteiger partial charge in [-0.2, -0.15) is 0 Å². The normalized spacial score (nSPS) is 16.3. The smallest absolute Gasteiger partial charge is 0.254 e. The van der Waals surface area contributed by atoms with Crippen LogP contribution in [0.3, 0.4) is 0 Å². The summed E-state index contributed by atoms with van der Waals surface area (Å²) in [5, 5.41) is 0. The number of hydrogen-bond donors (Lipinski definition) is 0. The van der Waals surface area contributed by atoms with Crippen molar-refractivity contribution in [2.45, 2.75) is 38.1 Å². The molecule has 1 amide bonds. The van der Waals surface area contributed by atoms with Crippen molar-refractivity contribution in [2.75, 3.05) is 14.2 Å². The lowest BCUT2D eigenvalue weighted by atomic mass is 9.94. The Kier molecular flexibility index (Phi) is 4.18. The molecule has 98 valence electrons. The van der Waals surface area contributed by atoms with Crippen LogP contribution in [0.2, 0.25) is 0 Å². The fraction of sp³-hybridized carbons (Fsp3) is 0.571. The third-order valence-corrected chi connectivity index (χ3v) is 3.63. The zero-order valence-electron chi connectivity index (χ0n) is 11.1. The molecule has 0 atom stereocenters. The van der Waals surface area contributed by atoms with Crippen LogP contribution in [0.1, 0.15) is 42.5 Å². The summed E-state index contributed by atoms with van der Waals surface area (Å²) in [5.41, 5.74) is 0.648. The molecule has 0 bridgehead atoms. The number of nitrogens with zero attached hydrogens (tertiary/aromatic N) is 2. The van der Waals surface area contributed by atoms with Gasteiger partial charge in [0.2, 0.25) is 5.88 Å². The van der Waals surface area contributed by atoms with Crippen LogP contribution in [0.4, 0.5) is 0 Å². The van der Waals surface area contributed by atoms with E-state index in [4.69, 9.17) is 4.74 Å². The third-order valence-electron chi connectivity index (χ3n) is 3.63. The molecule has 4 heteroatoms. The number of aromatic nitrogens is 1. The molecule has 2 rings (SSSR count). The van der Waals surface area contributed by atoms with E-state index in [0.29, 0.717) is 17.5 Å². The number of amides is 1. The van der Waals surface area contributed by atoms with E-state index in [-0.39, 0.29) is 5.91 Å². The lowest BCUT2D eigenvalue weighted by Gasteiger charge is -2.31. The average Bonchev–Trinajstić information content (AvgIpc) is 2.46. The molecule has 1 aliphatic carbocycles. The summed E-state index contributed by atoms with van der Waals surface area (Å²) in [6.45, 7) is 0. The molecule has 1 aliphatic rings. The van der Waals surface area contributed by atoms with E-state index in [1.54, 1.807) is 25.4 Å². The van der Waals surface area contributed by atoms with Gasteiger partial charge in [0.15, 0.2) is 0 Å². The first-order valence-corrected chi connectivity index (χ1v) is 6.49. The molecule has 1 aromatic rings. The lowest BCUT2D eigenvalue weighted by Crippen LogP contribution is -2.38. The number of methoxy groups -OCH3 is 1. The summed E-state index contributed by atoms with van der Waals surface area (Å²) in [6.07, 6.45) is 7.58. The van der Waals surface area contributed by atoms with Crippen LogP contribution in [0, 0.1) is 0 Å². The Bertz CT molecular complexity index is 414. The summed E-state index contributed by atoms with van der Waals surface area (Å²) in [6, 6.07) is 3.82. The maximum atomic E-state index is 12.4. The molecular formula is C14H20N2O2. The Hall–Kier alpha value is -1.58. The molecule has 1 aromatic heterocycles. The number of hydrogen-bond acceptors (Lipinski definition) is 3. The van der Waals surface area contributed by atoms with Crippen molar-refractivity contribution in [1.29, 1.82) is 0 Å². The van der Waals surface area contributed by atoms with Gasteiger partial charge in [0.05, 0.1) is 7.11 Å². The van der Waals surface area contributed by atoms with E-state index < -0.39 is 0 Å². The average molecular weight is 248 g/mol. The fourth-order valence-corrected chi connectivity index (χ4v) is 2.49. The van der Waals surface area contributed by atoms with Crippen molar-refractivity contribution < 1.29 is 9.53 Å². The molecule has 1 saturated carbocycles.